The van der Waals surface area contributed by atoms with Crippen LogP contribution in [-0.2, 0) is 30.1 Å². The van der Waals surface area contributed by atoms with Gasteiger partial charge in [-0.2, -0.15) is 0 Å². The minimum atomic E-state index is -0.0337. The summed E-state index contributed by atoms with van der Waals surface area (Å²) >= 11 is 3.12. The first-order valence-corrected chi connectivity index (χ1v) is 12.7. The second-order valence-electron chi connectivity index (χ2n) is 8.46. The third-order valence-corrected chi connectivity index (χ3v) is 8.26. The molecule has 3 aromatic heterocycles. The second-order valence-corrected chi connectivity index (χ2v) is 10.5. The Balaban J connectivity index is 1.58. The summed E-state index contributed by atoms with van der Waals surface area (Å²) in [5, 5.41) is 1.38. The molecule has 0 spiro atoms. The van der Waals surface area contributed by atoms with Crippen molar-refractivity contribution in [3.63, 3.8) is 0 Å². The molecule has 1 amide bonds. The predicted octanol–water partition coefficient (Wildman–Crippen LogP) is 4.91. The highest BCUT2D eigenvalue weighted by Crippen LogP contribution is 2.34. The molecule has 1 aliphatic heterocycles. The molecule has 4 aromatic rings. The van der Waals surface area contributed by atoms with Crippen LogP contribution in [0.1, 0.15) is 39.8 Å². The Hall–Kier alpha value is -2.84. The molecule has 0 unspecified atom stereocenters. The maximum Gasteiger partial charge on any atom is 0.263 e. The summed E-state index contributed by atoms with van der Waals surface area (Å²) in [6.45, 7) is 7.31. The van der Waals surface area contributed by atoms with Gasteiger partial charge in [-0.1, -0.05) is 35.5 Å². The van der Waals surface area contributed by atoms with Crippen molar-refractivity contribution >= 4 is 39.2 Å². The smallest absolute Gasteiger partial charge is 0.263 e. The number of carbonyl (C=O) groups is 1. The summed E-state index contributed by atoms with van der Waals surface area (Å²) in [7, 11) is 0. The Kier molecular flexibility index (Phi) is 5.88. The molecule has 6 nitrogen and oxygen atoms in total. The first-order chi connectivity index (χ1) is 15.9. The summed E-state index contributed by atoms with van der Waals surface area (Å²) in [6.07, 6.45) is 2.31. The first-order valence-electron chi connectivity index (χ1n) is 10.9. The second kappa shape index (κ2) is 8.83. The van der Waals surface area contributed by atoms with E-state index in [2.05, 4.69) is 32.0 Å². The van der Waals surface area contributed by atoms with E-state index in [4.69, 9.17) is 9.40 Å². The van der Waals surface area contributed by atoms with Gasteiger partial charge in [-0.25, -0.2) is 4.98 Å². The minimum Gasteiger partial charge on any atom is -0.467 e. The van der Waals surface area contributed by atoms with Crippen molar-refractivity contribution in [1.82, 2.24) is 14.5 Å². The Morgan fingerprint density at radius 1 is 1.27 bits per heavy atom. The highest BCUT2D eigenvalue weighted by molar-refractivity contribution is 7.98. The summed E-state index contributed by atoms with van der Waals surface area (Å²) < 4.78 is 7.29. The number of hydrogen-bond acceptors (Lipinski definition) is 6. The lowest BCUT2D eigenvalue weighted by Crippen LogP contribution is -2.34. The van der Waals surface area contributed by atoms with Gasteiger partial charge in [0.05, 0.1) is 24.7 Å². The zero-order chi connectivity index (χ0) is 23.1. The van der Waals surface area contributed by atoms with Gasteiger partial charge in [0.2, 0.25) is 5.91 Å². The molecule has 170 valence electrons. The van der Waals surface area contributed by atoms with Gasteiger partial charge in [0.15, 0.2) is 5.16 Å². The molecule has 0 fully saturated rings. The first kappa shape index (κ1) is 22.0. The summed E-state index contributed by atoms with van der Waals surface area (Å²) in [5.74, 6) is 1.51. The number of aryl methyl sites for hydroxylation is 2. The zero-order valence-electron chi connectivity index (χ0n) is 18.9. The molecule has 0 radical (unpaired) electrons. The number of furan rings is 1. The van der Waals surface area contributed by atoms with Crippen LogP contribution in [-0.4, -0.2) is 26.9 Å². The molecule has 1 aromatic carbocycles. The summed E-state index contributed by atoms with van der Waals surface area (Å²) in [6, 6.07) is 10.1. The number of hydrogen-bond donors (Lipinski definition) is 0. The van der Waals surface area contributed by atoms with E-state index in [1.807, 2.05) is 17.0 Å². The molecule has 0 bridgehead atoms. The van der Waals surface area contributed by atoms with Gasteiger partial charge in [-0.3, -0.25) is 14.2 Å². The van der Waals surface area contributed by atoms with Crippen molar-refractivity contribution in [3.8, 4) is 0 Å². The van der Waals surface area contributed by atoms with Crippen LogP contribution in [0.15, 0.2) is 51.0 Å². The van der Waals surface area contributed by atoms with Crippen LogP contribution in [0.25, 0.3) is 10.2 Å². The number of nitrogens with zero attached hydrogens (tertiary/aromatic N) is 3. The SMILES string of the molecule is CC(=O)N1CCc2c(sc3nc(SCc4cc(C)ccc4C)n(Cc4ccco4)c(=O)c23)C1. The average molecular weight is 480 g/mol. The van der Waals surface area contributed by atoms with Crippen LogP contribution in [0.5, 0.6) is 0 Å². The van der Waals surface area contributed by atoms with Crippen molar-refractivity contribution in [2.24, 2.45) is 0 Å². The van der Waals surface area contributed by atoms with Crippen LogP contribution in [0, 0.1) is 13.8 Å². The van der Waals surface area contributed by atoms with Crippen LogP contribution in [0.2, 0.25) is 0 Å². The molecule has 0 atom stereocenters. The van der Waals surface area contributed by atoms with E-state index in [1.54, 1.807) is 29.5 Å². The lowest BCUT2D eigenvalue weighted by molar-refractivity contribution is -0.129. The molecule has 4 heterocycles. The maximum atomic E-state index is 13.8. The van der Waals surface area contributed by atoms with Crippen LogP contribution in [0.4, 0.5) is 0 Å². The van der Waals surface area contributed by atoms with E-state index < -0.39 is 0 Å². The normalized spacial score (nSPS) is 13.5. The summed E-state index contributed by atoms with van der Waals surface area (Å²) in [4.78, 5) is 34.2. The van der Waals surface area contributed by atoms with Crippen LogP contribution >= 0.6 is 23.1 Å². The number of amides is 1. The highest BCUT2D eigenvalue weighted by Gasteiger charge is 2.26. The number of thioether (sulfide) groups is 1. The third-order valence-electron chi connectivity index (χ3n) is 6.13. The predicted molar refractivity (Wildman–Crippen MR) is 132 cm³/mol. The molecule has 0 saturated carbocycles. The molecule has 5 rings (SSSR count). The molecular weight excluding hydrogens is 454 g/mol. The molecule has 33 heavy (non-hydrogen) atoms. The highest BCUT2D eigenvalue weighted by atomic mass is 32.2. The topological polar surface area (TPSA) is 68.3 Å². The molecule has 0 aliphatic carbocycles. The van der Waals surface area contributed by atoms with E-state index in [-0.39, 0.29) is 11.5 Å². The quantitative estimate of drug-likeness (QED) is 0.300. The van der Waals surface area contributed by atoms with Gasteiger partial charge in [0.1, 0.15) is 10.6 Å². The Bertz CT molecular complexity index is 1400. The van der Waals surface area contributed by atoms with Gasteiger partial charge < -0.3 is 9.32 Å². The lowest BCUT2D eigenvalue weighted by atomic mass is 10.1. The van der Waals surface area contributed by atoms with E-state index in [1.165, 1.54) is 28.0 Å². The molecule has 8 heteroatoms. The lowest BCUT2D eigenvalue weighted by Gasteiger charge is -2.25. The third kappa shape index (κ3) is 4.25. The number of rotatable bonds is 5. The van der Waals surface area contributed by atoms with Gasteiger partial charge >= 0.3 is 0 Å². The molecule has 0 saturated heterocycles. The number of benzene rings is 1. The number of fused-ring (bicyclic) bond motifs is 3. The van der Waals surface area contributed by atoms with Gasteiger partial charge in [0, 0.05) is 24.1 Å². The fourth-order valence-corrected chi connectivity index (χ4v) is 6.57. The fourth-order valence-electron chi connectivity index (χ4n) is 4.23. The Morgan fingerprint density at radius 3 is 2.88 bits per heavy atom. The standard InChI is InChI=1S/C25H25N3O3S2/c1-15-6-7-16(2)18(11-15)14-32-25-26-23-22(24(30)28(25)12-19-5-4-10-31-19)20-8-9-27(17(3)29)13-21(20)33-23/h4-7,10-11H,8-9,12-14H2,1-3H3. The van der Waals surface area contributed by atoms with Crippen LogP contribution in [0.3, 0.4) is 0 Å². The van der Waals surface area contributed by atoms with Gasteiger partial charge in [-0.15, -0.1) is 11.3 Å². The summed E-state index contributed by atoms with van der Waals surface area (Å²) in [5.41, 5.74) is 4.69. The van der Waals surface area contributed by atoms with Gasteiger partial charge in [0.25, 0.3) is 5.56 Å². The number of aromatic nitrogens is 2. The average Bonchev–Trinajstić information content (AvgIpc) is 3.43. The minimum absolute atomic E-state index is 0.0337. The fraction of sp³-hybridized carbons (Fsp3) is 0.320. The number of carbonyl (C=O) groups excluding carboxylic acids is 1. The van der Waals surface area contributed by atoms with Crippen LogP contribution < -0.4 is 5.56 Å². The molecule has 1 aliphatic rings. The van der Waals surface area contributed by atoms with Crippen molar-refractivity contribution in [2.45, 2.75) is 51.2 Å². The van der Waals surface area contributed by atoms with E-state index in [9.17, 15) is 9.59 Å². The largest absolute Gasteiger partial charge is 0.467 e. The monoisotopic (exact) mass is 479 g/mol. The molecule has 0 N–H and O–H groups in total. The van der Waals surface area contributed by atoms with E-state index in [0.29, 0.717) is 36.6 Å². The zero-order valence-corrected chi connectivity index (χ0v) is 20.5. The number of thiophene rings is 1. The van der Waals surface area contributed by atoms with Crippen molar-refractivity contribution in [1.29, 1.82) is 0 Å². The maximum absolute atomic E-state index is 13.8. The Labute approximate surface area is 200 Å². The van der Waals surface area contributed by atoms with E-state index in [0.717, 1.165) is 26.8 Å². The van der Waals surface area contributed by atoms with E-state index >= 15 is 0 Å². The van der Waals surface area contributed by atoms with Gasteiger partial charge in [-0.05, 0) is 49.1 Å². The van der Waals surface area contributed by atoms with Crippen molar-refractivity contribution in [3.05, 3.63) is 79.8 Å². The Morgan fingerprint density at radius 2 is 2.12 bits per heavy atom. The van der Waals surface area contributed by atoms with Crippen molar-refractivity contribution in [2.75, 3.05) is 6.54 Å². The molecular formula is C25H25N3O3S2. The van der Waals surface area contributed by atoms with Crippen molar-refractivity contribution < 1.29 is 9.21 Å².